The lowest BCUT2D eigenvalue weighted by Gasteiger charge is -1.97. The molecule has 0 heterocycles. The molecule has 0 fully saturated rings. The topological polar surface area (TPSA) is 24.7 Å². The van der Waals surface area contributed by atoms with E-state index in [1.54, 1.807) is 6.20 Å². The third kappa shape index (κ3) is 5.52. The van der Waals surface area contributed by atoms with E-state index in [1.807, 2.05) is 0 Å². The minimum atomic E-state index is 0.938. The van der Waals surface area contributed by atoms with E-state index < -0.39 is 0 Å². The number of nitrogens with zero attached hydrogens (tertiary/aromatic N) is 2. The number of hydrogen-bond donors (Lipinski definition) is 0. The van der Waals surface area contributed by atoms with Gasteiger partial charge in [0.1, 0.15) is 0 Å². The van der Waals surface area contributed by atoms with Crippen LogP contribution in [-0.4, -0.2) is 13.4 Å². The molecule has 0 aliphatic heterocycles. The summed E-state index contributed by atoms with van der Waals surface area (Å²) in [6, 6.07) is 0. The van der Waals surface area contributed by atoms with Gasteiger partial charge >= 0.3 is 0 Å². The molecule has 0 aliphatic carbocycles. The van der Waals surface area contributed by atoms with Crippen LogP contribution in [-0.2, 0) is 0 Å². The van der Waals surface area contributed by atoms with Crippen LogP contribution in [0.2, 0.25) is 0 Å². The van der Waals surface area contributed by atoms with Crippen LogP contribution in [0.15, 0.2) is 21.9 Å². The zero-order chi connectivity index (χ0) is 8.53. The molecule has 0 rings (SSSR count). The van der Waals surface area contributed by atoms with Crippen molar-refractivity contribution < 1.29 is 0 Å². The molecule has 0 unspecified atom stereocenters. The van der Waals surface area contributed by atoms with Crippen molar-refractivity contribution >= 4 is 13.4 Å². The molecule has 0 aromatic heterocycles. The van der Waals surface area contributed by atoms with E-state index in [0.29, 0.717) is 0 Å². The zero-order valence-corrected chi connectivity index (χ0v) is 7.21. The smallest absolute Gasteiger partial charge is 0.0578 e. The number of aliphatic imine (C=N–C) groups is 2. The summed E-state index contributed by atoms with van der Waals surface area (Å²) < 4.78 is 0. The van der Waals surface area contributed by atoms with Gasteiger partial charge in [0.05, 0.1) is 5.70 Å². The molecule has 2 nitrogen and oxygen atoms in total. The van der Waals surface area contributed by atoms with Crippen molar-refractivity contribution in [3.8, 4) is 0 Å². The normalized spacial score (nSPS) is 11.2. The van der Waals surface area contributed by atoms with Gasteiger partial charge in [0.25, 0.3) is 0 Å². The van der Waals surface area contributed by atoms with E-state index in [9.17, 15) is 0 Å². The fourth-order valence-corrected chi connectivity index (χ4v) is 0.846. The summed E-state index contributed by atoms with van der Waals surface area (Å²) in [7, 11) is 0. The SMILES string of the molecule is C=N/C=C(/CCCCC)N=C. The van der Waals surface area contributed by atoms with Crippen LogP contribution in [0.1, 0.15) is 32.6 Å². The van der Waals surface area contributed by atoms with Crippen LogP contribution in [0.3, 0.4) is 0 Å². The van der Waals surface area contributed by atoms with E-state index in [1.165, 1.54) is 12.8 Å². The van der Waals surface area contributed by atoms with Gasteiger partial charge < -0.3 is 0 Å². The molecule has 0 amide bonds. The van der Waals surface area contributed by atoms with Crippen LogP contribution < -0.4 is 0 Å². The molecule has 0 aliphatic rings. The molecule has 0 saturated heterocycles. The molecule has 0 saturated carbocycles. The summed E-state index contributed by atoms with van der Waals surface area (Å²) >= 11 is 0. The van der Waals surface area contributed by atoms with Gasteiger partial charge in [-0.25, -0.2) is 0 Å². The van der Waals surface area contributed by atoms with Crippen LogP contribution in [0.5, 0.6) is 0 Å². The Bertz CT molecular complexity index is 148. The Morgan fingerprint density at radius 2 is 2.09 bits per heavy atom. The standard InChI is InChI=1S/C9H16N2/c1-4-5-6-7-9(11-3)8-10-2/h8H,2-7H2,1H3/b9-8-. The lowest BCUT2D eigenvalue weighted by atomic mass is 10.2. The maximum absolute atomic E-state index is 3.83. The highest BCUT2D eigenvalue weighted by Gasteiger charge is 1.91. The maximum Gasteiger partial charge on any atom is 0.0578 e. The third-order valence-electron chi connectivity index (χ3n) is 1.48. The fraction of sp³-hybridized carbons (Fsp3) is 0.556. The van der Waals surface area contributed by atoms with Crippen molar-refractivity contribution in [1.29, 1.82) is 0 Å². The summed E-state index contributed by atoms with van der Waals surface area (Å²) in [6.45, 7) is 8.99. The van der Waals surface area contributed by atoms with Crippen molar-refractivity contribution in [3.63, 3.8) is 0 Å². The van der Waals surface area contributed by atoms with Crippen molar-refractivity contribution in [2.45, 2.75) is 32.6 Å². The fourth-order valence-electron chi connectivity index (χ4n) is 0.846. The summed E-state index contributed by atoms with van der Waals surface area (Å²) in [6.07, 6.45) is 6.27. The lowest BCUT2D eigenvalue weighted by molar-refractivity contribution is 0.710. The molecule has 0 radical (unpaired) electrons. The van der Waals surface area contributed by atoms with Crippen LogP contribution in [0.4, 0.5) is 0 Å². The first-order chi connectivity index (χ1) is 5.35. The van der Waals surface area contributed by atoms with Crippen molar-refractivity contribution in [3.05, 3.63) is 11.9 Å². The van der Waals surface area contributed by atoms with Gasteiger partial charge in [-0.15, -0.1) is 0 Å². The molecule has 0 atom stereocenters. The Hall–Kier alpha value is -0.920. The van der Waals surface area contributed by atoms with Gasteiger partial charge in [-0.1, -0.05) is 19.8 Å². The first-order valence-electron chi connectivity index (χ1n) is 3.96. The molecular weight excluding hydrogens is 136 g/mol. The van der Waals surface area contributed by atoms with Crippen molar-refractivity contribution in [2.24, 2.45) is 9.98 Å². The van der Waals surface area contributed by atoms with E-state index in [0.717, 1.165) is 18.5 Å². The molecule has 0 aromatic carbocycles. The maximum atomic E-state index is 3.83. The molecular formula is C9H16N2. The summed E-state index contributed by atoms with van der Waals surface area (Å²) in [5, 5.41) is 0. The summed E-state index contributed by atoms with van der Waals surface area (Å²) in [5.74, 6) is 0. The monoisotopic (exact) mass is 152 g/mol. The van der Waals surface area contributed by atoms with E-state index in [-0.39, 0.29) is 0 Å². The van der Waals surface area contributed by atoms with Gasteiger partial charge in [0.2, 0.25) is 0 Å². The molecule has 2 heteroatoms. The van der Waals surface area contributed by atoms with Crippen LogP contribution >= 0.6 is 0 Å². The largest absolute Gasteiger partial charge is 0.271 e. The van der Waals surface area contributed by atoms with E-state index in [2.05, 4.69) is 30.3 Å². The van der Waals surface area contributed by atoms with Gasteiger partial charge in [0, 0.05) is 6.20 Å². The second-order valence-corrected chi connectivity index (χ2v) is 2.42. The molecule has 11 heavy (non-hydrogen) atoms. The number of allylic oxidation sites excluding steroid dienone is 1. The Kier molecular flexibility index (Phi) is 6.59. The van der Waals surface area contributed by atoms with Crippen molar-refractivity contribution in [1.82, 2.24) is 0 Å². The van der Waals surface area contributed by atoms with Gasteiger partial charge in [-0.2, -0.15) is 0 Å². The van der Waals surface area contributed by atoms with Gasteiger partial charge in [-0.3, -0.25) is 9.98 Å². The Labute approximate surface area is 68.8 Å². The Balaban J connectivity index is 3.60. The minimum absolute atomic E-state index is 0.938. The molecule has 62 valence electrons. The Morgan fingerprint density at radius 3 is 2.55 bits per heavy atom. The van der Waals surface area contributed by atoms with Crippen LogP contribution in [0, 0.1) is 0 Å². The molecule has 0 aromatic rings. The number of rotatable bonds is 6. The predicted octanol–water partition coefficient (Wildman–Crippen LogP) is 2.81. The van der Waals surface area contributed by atoms with Crippen molar-refractivity contribution in [2.75, 3.05) is 0 Å². The quantitative estimate of drug-likeness (QED) is 0.413. The summed E-state index contributed by atoms with van der Waals surface area (Å²) in [5.41, 5.74) is 0.938. The van der Waals surface area contributed by atoms with E-state index >= 15 is 0 Å². The average Bonchev–Trinajstić information content (AvgIpc) is 2.03. The van der Waals surface area contributed by atoms with Gasteiger partial charge in [-0.05, 0) is 26.3 Å². The average molecular weight is 152 g/mol. The molecule has 0 N–H and O–H groups in total. The Morgan fingerprint density at radius 1 is 1.36 bits per heavy atom. The predicted molar refractivity (Wildman–Crippen MR) is 51.3 cm³/mol. The zero-order valence-electron chi connectivity index (χ0n) is 7.21. The minimum Gasteiger partial charge on any atom is -0.271 e. The first kappa shape index (κ1) is 10.1. The first-order valence-corrected chi connectivity index (χ1v) is 3.96. The van der Waals surface area contributed by atoms with Gasteiger partial charge in [0.15, 0.2) is 0 Å². The highest BCUT2D eigenvalue weighted by Crippen LogP contribution is 2.09. The lowest BCUT2D eigenvalue weighted by Crippen LogP contribution is -1.79. The summed E-state index contributed by atoms with van der Waals surface area (Å²) in [4.78, 5) is 7.47. The highest BCUT2D eigenvalue weighted by atomic mass is 14.8. The molecule has 0 bridgehead atoms. The molecule has 0 spiro atoms. The highest BCUT2D eigenvalue weighted by molar-refractivity contribution is 5.31. The second-order valence-electron chi connectivity index (χ2n) is 2.42. The van der Waals surface area contributed by atoms with E-state index in [4.69, 9.17) is 0 Å². The number of unbranched alkanes of at least 4 members (excludes halogenated alkanes) is 2. The second kappa shape index (κ2) is 7.19. The number of hydrogen-bond acceptors (Lipinski definition) is 2. The third-order valence-corrected chi connectivity index (χ3v) is 1.48. The van der Waals surface area contributed by atoms with Crippen LogP contribution in [0.25, 0.3) is 0 Å².